The minimum atomic E-state index is -1.64. The van der Waals surface area contributed by atoms with E-state index in [-0.39, 0.29) is 32.7 Å². The molecule has 0 N–H and O–H groups in total. The SMILES string of the molecule is CC/C=C\C/C=C\C/C=C\C/C=C\C/C=C\CCCCCCCCCCCCCC(=O)OC(COC(=O)CCCC/C=C\C/C=C\C/C=C\C/C=C\CC)COC(OCC[N+](C)(C)C)C(=O)[O-]. The van der Waals surface area contributed by atoms with Gasteiger partial charge in [-0.25, -0.2) is 0 Å². The Hall–Kier alpha value is -4.05. The zero-order chi connectivity index (χ0) is 49.2. The van der Waals surface area contributed by atoms with Gasteiger partial charge in [0.1, 0.15) is 13.2 Å². The highest BCUT2D eigenvalue weighted by Crippen LogP contribution is 2.14. The van der Waals surface area contributed by atoms with Gasteiger partial charge in [-0.2, -0.15) is 0 Å². The van der Waals surface area contributed by atoms with E-state index in [1.807, 2.05) is 21.1 Å². The summed E-state index contributed by atoms with van der Waals surface area (Å²) in [5.41, 5.74) is 0. The Bertz CT molecular complexity index is 1460. The molecule has 0 saturated carbocycles. The van der Waals surface area contributed by atoms with Crippen molar-refractivity contribution in [1.82, 2.24) is 0 Å². The van der Waals surface area contributed by atoms with Crippen molar-refractivity contribution in [3.63, 3.8) is 0 Å². The molecule has 2 unspecified atom stereocenters. The largest absolute Gasteiger partial charge is 0.545 e. The molecule has 0 radical (unpaired) electrons. The molecule has 2 atom stereocenters. The maximum atomic E-state index is 12.8. The molecule has 9 heteroatoms. The number of carboxylic acid groups (broad SMARTS) is 1. The van der Waals surface area contributed by atoms with Crippen LogP contribution >= 0.6 is 0 Å². The second-order valence-electron chi connectivity index (χ2n) is 18.0. The van der Waals surface area contributed by atoms with Crippen molar-refractivity contribution in [3.05, 3.63) is 109 Å². The van der Waals surface area contributed by atoms with Crippen molar-refractivity contribution in [3.8, 4) is 0 Å². The van der Waals surface area contributed by atoms with Gasteiger partial charge in [0.2, 0.25) is 0 Å². The van der Waals surface area contributed by atoms with E-state index < -0.39 is 30.3 Å². The van der Waals surface area contributed by atoms with E-state index in [4.69, 9.17) is 18.9 Å². The fourth-order valence-electron chi connectivity index (χ4n) is 6.55. The number of esters is 2. The number of nitrogens with zero attached hydrogens (tertiary/aromatic N) is 1. The Morgan fingerprint density at radius 1 is 0.448 bits per heavy atom. The molecule has 67 heavy (non-hydrogen) atoms. The van der Waals surface area contributed by atoms with Crippen LogP contribution in [0.25, 0.3) is 0 Å². The highest BCUT2D eigenvalue weighted by atomic mass is 16.7. The zero-order valence-corrected chi connectivity index (χ0v) is 43.0. The normalized spacial score (nSPS) is 13.7. The molecule has 0 aliphatic heterocycles. The average molecular weight is 934 g/mol. The number of unbranched alkanes of at least 4 members (excludes halogenated alkanes) is 13. The maximum absolute atomic E-state index is 12.8. The Labute approximate surface area is 409 Å². The number of likely N-dealkylation sites (N-methyl/N-ethyl adjacent to an activating group) is 1. The molecular weight excluding hydrogens is 839 g/mol. The molecule has 0 aliphatic carbocycles. The van der Waals surface area contributed by atoms with Gasteiger partial charge in [-0.15, -0.1) is 0 Å². The van der Waals surface area contributed by atoms with Crippen molar-refractivity contribution in [2.45, 2.75) is 193 Å². The summed E-state index contributed by atoms with van der Waals surface area (Å²) in [6, 6.07) is 0. The number of ether oxygens (including phenoxy) is 4. The van der Waals surface area contributed by atoms with Crippen LogP contribution in [-0.4, -0.2) is 82.3 Å². The first-order valence-electron chi connectivity index (χ1n) is 26.0. The summed E-state index contributed by atoms with van der Waals surface area (Å²) >= 11 is 0. The Balaban J connectivity index is 4.34. The lowest BCUT2D eigenvalue weighted by molar-refractivity contribution is -0.870. The van der Waals surface area contributed by atoms with Crippen LogP contribution < -0.4 is 5.11 Å². The highest BCUT2D eigenvalue weighted by Gasteiger charge is 2.21. The van der Waals surface area contributed by atoms with Gasteiger partial charge in [-0.1, -0.05) is 181 Å². The lowest BCUT2D eigenvalue weighted by atomic mass is 10.0. The number of carboxylic acids is 1. The van der Waals surface area contributed by atoms with E-state index >= 15 is 0 Å². The lowest BCUT2D eigenvalue weighted by Gasteiger charge is -2.26. The van der Waals surface area contributed by atoms with Crippen LogP contribution in [0.5, 0.6) is 0 Å². The first-order chi connectivity index (χ1) is 32.6. The third-order valence-electron chi connectivity index (χ3n) is 10.5. The molecule has 0 spiro atoms. The van der Waals surface area contributed by atoms with Crippen LogP contribution in [-0.2, 0) is 33.3 Å². The van der Waals surface area contributed by atoms with Gasteiger partial charge in [0, 0.05) is 12.8 Å². The third-order valence-corrected chi connectivity index (χ3v) is 10.5. The Kier molecular flexibility index (Phi) is 45.5. The number of rotatable bonds is 46. The molecule has 0 aromatic carbocycles. The summed E-state index contributed by atoms with van der Waals surface area (Å²) in [7, 11) is 5.89. The van der Waals surface area contributed by atoms with Crippen molar-refractivity contribution in [2.24, 2.45) is 0 Å². The van der Waals surface area contributed by atoms with Crippen molar-refractivity contribution >= 4 is 17.9 Å². The predicted octanol–water partition coefficient (Wildman–Crippen LogP) is 13.4. The van der Waals surface area contributed by atoms with E-state index in [0.717, 1.165) is 96.3 Å². The number of quaternary nitrogens is 1. The van der Waals surface area contributed by atoms with Crippen LogP contribution in [0.1, 0.15) is 181 Å². The lowest BCUT2D eigenvalue weighted by Crippen LogP contribution is -2.44. The second-order valence-corrected chi connectivity index (χ2v) is 18.0. The number of aliphatic carboxylic acids is 1. The topological polar surface area (TPSA) is 111 Å². The van der Waals surface area contributed by atoms with Crippen LogP contribution in [0, 0.1) is 0 Å². The summed E-state index contributed by atoms with van der Waals surface area (Å²) in [5.74, 6) is -2.36. The first-order valence-corrected chi connectivity index (χ1v) is 26.0. The molecule has 0 rings (SSSR count). The monoisotopic (exact) mass is 934 g/mol. The van der Waals surface area contributed by atoms with Crippen molar-refractivity contribution in [2.75, 3.05) is 47.5 Å². The van der Waals surface area contributed by atoms with Crippen LogP contribution in [0.2, 0.25) is 0 Å². The second kappa shape index (κ2) is 48.4. The van der Waals surface area contributed by atoms with Gasteiger partial charge >= 0.3 is 11.9 Å². The van der Waals surface area contributed by atoms with Gasteiger partial charge in [-0.3, -0.25) is 9.59 Å². The minimum absolute atomic E-state index is 0.134. The molecule has 0 bridgehead atoms. The molecule has 0 fully saturated rings. The van der Waals surface area contributed by atoms with Crippen LogP contribution in [0.4, 0.5) is 0 Å². The standard InChI is InChI=1S/C58H95NO8/c1-6-8-10-12-14-16-18-20-22-23-24-25-26-27-28-29-30-31-32-33-35-37-39-41-43-45-47-49-56(61)67-54(53-66-58(57(62)63)64-51-50-59(3,4)5)52-65-55(60)48-46-44-42-40-38-36-34-21-19-17-15-13-11-9-7-2/h8-11,14-17,20-22,24-25,27-28,34,38,40,54,58H,6-7,12-13,18-19,23,26,29-33,35-37,39,41-53H2,1-5H3/b10-8-,11-9-,16-14-,17-15-,22-20-,25-24-,28-27-,34-21-,40-38-. The molecule has 380 valence electrons. The fourth-order valence-corrected chi connectivity index (χ4v) is 6.55. The number of hydrogen-bond acceptors (Lipinski definition) is 8. The van der Waals surface area contributed by atoms with Crippen molar-refractivity contribution in [1.29, 1.82) is 0 Å². The number of allylic oxidation sites excluding steroid dienone is 18. The van der Waals surface area contributed by atoms with Gasteiger partial charge < -0.3 is 33.3 Å². The summed E-state index contributed by atoms with van der Waals surface area (Å²) in [5, 5.41) is 11.7. The third kappa shape index (κ3) is 49.7. The van der Waals surface area contributed by atoms with Crippen molar-refractivity contribution < 1.29 is 42.9 Å². The van der Waals surface area contributed by atoms with E-state index in [9.17, 15) is 19.5 Å². The quantitative estimate of drug-likeness (QED) is 0.0195. The van der Waals surface area contributed by atoms with Gasteiger partial charge in [-0.05, 0) is 96.3 Å². The highest BCUT2D eigenvalue weighted by molar-refractivity contribution is 5.70. The van der Waals surface area contributed by atoms with Gasteiger partial charge in [0.05, 0.1) is 40.3 Å². The maximum Gasteiger partial charge on any atom is 0.306 e. The van der Waals surface area contributed by atoms with E-state index in [1.165, 1.54) is 44.9 Å². The molecule has 0 saturated heterocycles. The fraction of sp³-hybridized carbons (Fsp3) is 0.638. The molecular formula is C58H95NO8. The summed E-state index contributed by atoms with van der Waals surface area (Å²) in [4.78, 5) is 37.1. The molecule has 0 aromatic rings. The first kappa shape index (κ1) is 63.0. The van der Waals surface area contributed by atoms with E-state index in [0.29, 0.717) is 23.9 Å². The Morgan fingerprint density at radius 3 is 1.22 bits per heavy atom. The summed E-state index contributed by atoms with van der Waals surface area (Å²) < 4.78 is 22.6. The van der Waals surface area contributed by atoms with E-state index in [2.05, 4.69) is 123 Å². The number of hydrogen-bond donors (Lipinski definition) is 0. The molecule has 0 aromatic heterocycles. The van der Waals surface area contributed by atoms with Gasteiger partial charge in [0.25, 0.3) is 0 Å². The Morgan fingerprint density at radius 2 is 0.806 bits per heavy atom. The smallest absolute Gasteiger partial charge is 0.306 e. The summed E-state index contributed by atoms with van der Waals surface area (Å²) in [6.45, 7) is 4.44. The molecule has 0 aliphatic rings. The number of carbonyl (C=O) groups excluding carboxylic acids is 3. The van der Waals surface area contributed by atoms with Crippen LogP contribution in [0.3, 0.4) is 0 Å². The zero-order valence-electron chi connectivity index (χ0n) is 43.0. The summed E-state index contributed by atoms with van der Waals surface area (Å²) in [6.07, 6.45) is 62.8. The predicted molar refractivity (Wildman–Crippen MR) is 278 cm³/mol. The van der Waals surface area contributed by atoms with Gasteiger partial charge in [0.15, 0.2) is 12.4 Å². The average Bonchev–Trinajstić information content (AvgIpc) is 3.29. The minimum Gasteiger partial charge on any atom is -0.545 e. The van der Waals surface area contributed by atoms with E-state index in [1.54, 1.807) is 0 Å². The molecule has 0 heterocycles. The van der Waals surface area contributed by atoms with Crippen LogP contribution in [0.15, 0.2) is 109 Å². The number of carbonyl (C=O) groups is 3. The molecule has 9 nitrogen and oxygen atoms in total. The molecule has 0 amide bonds.